The number of hydrogen-bond donors (Lipinski definition) is 0. The largest absolute Gasteiger partial charge is 0.497 e. The first kappa shape index (κ1) is 23.1. The number of likely N-dealkylation sites (tertiary alicyclic amines) is 1. The van der Waals surface area contributed by atoms with Crippen LogP contribution in [0.3, 0.4) is 0 Å². The van der Waals surface area contributed by atoms with Crippen molar-refractivity contribution in [2.24, 2.45) is 5.92 Å². The van der Waals surface area contributed by atoms with Gasteiger partial charge in [0, 0.05) is 63.6 Å². The van der Waals surface area contributed by atoms with Crippen LogP contribution in [-0.2, 0) is 4.79 Å². The Labute approximate surface area is 196 Å². The molecule has 33 heavy (non-hydrogen) atoms. The molecular formula is C26H34N4O3. The van der Waals surface area contributed by atoms with Crippen LogP contribution in [0.1, 0.15) is 18.4 Å². The smallest absolute Gasteiger partial charge is 0.246 e. The molecule has 0 aliphatic carbocycles. The zero-order chi connectivity index (χ0) is 23.0. The quantitative estimate of drug-likeness (QED) is 0.604. The summed E-state index contributed by atoms with van der Waals surface area (Å²) < 4.78 is 10.7. The fraction of sp³-hybridized carbons (Fsp3) is 0.462. The summed E-state index contributed by atoms with van der Waals surface area (Å²) in [4.78, 5) is 24.3. The predicted octanol–water partition coefficient (Wildman–Crippen LogP) is 3.17. The van der Waals surface area contributed by atoms with Crippen LogP contribution in [0.5, 0.6) is 11.5 Å². The highest BCUT2D eigenvalue weighted by Crippen LogP contribution is 2.26. The van der Waals surface area contributed by atoms with E-state index in [1.165, 1.54) is 6.42 Å². The average Bonchev–Trinajstić information content (AvgIpc) is 2.88. The summed E-state index contributed by atoms with van der Waals surface area (Å²) in [7, 11) is 3.26. The van der Waals surface area contributed by atoms with E-state index in [0.717, 1.165) is 75.1 Å². The molecule has 1 amide bonds. The molecule has 1 unspecified atom stereocenters. The molecule has 2 saturated heterocycles. The summed E-state index contributed by atoms with van der Waals surface area (Å²) in [6, 6.07) is 11.7. The second kappa shape index (κ2) is 11.2. The first-order chi connectivity index (χ1) is 16.2. The lowest BCUT2D eigenvalue weighted by Crippen LogP contribution is -2.50. The van der Waals surface area contributed by atoms with Crippen LogP contribution in [0, 0.1) is 5.92 Å². The molecule has 7 heteroatoms. The molecule has 3 heterocycles. The maximum Gasteiger partial charge on any atom is 0.246 e. The van der Waals surface area contributed by atoms with Gasteiger partial charge >= 0.3 is 0 Å². The predicted molar refractivity (Wildman–Crippen MR) is 131 cm³/mol. The number of amides is 1. The van der Waals surface area contributed by atoms with Crippen molar-refractivity contribution < 1.29 is 14.3 Å². The van der Waals surface area contributed by atoms with Crippen molar-refractivity contribution in [3.05, 3.63) is 54.2 Å². The fourth-order valence-electron chi connectivity index (χ4n) is 4.72. The summed E-state index contributed by atoms with van der Waals surface area (Å²) in [5.74, 6) is 3.10. The van der Waals surface area contributed by atoms with E-state index < -0.39 is 0 Å². The number of aromatic nitrogens is 1. The second-order valence-electron chi connectivity index (χ2n) is 8.71. The van der Waals surface area contributed by atoms with Gasteiger partial charge in [-0.15, -0.1) is 0 Å². The van der Waals surface area contributed by atoms with Crippen LogP contribution in [0.4, 0.5) is 5.82 Å². The first-order valence-electron chi connectivity index (χ1n) is 11.7. The maximum absolute atomic E-state index is 12.9. The third-order valence-electron chi connectivity index (χ3n) is 6.53. The molecule has 1 aromatic carbocycles. The summed E-state index contributed by atoms with van der Waals surface area (Å²) in [6.45, 7) is 6.76. The molecule has 2 fully saturated rings. The maximum atomic E-state index is 12.9. The lowest BCUT2D eigenvalue weighted by atomic mass is 9.97. The molecule has 2 aromatic rings. The van der Waals surface area contributed by atoms with E-state index >= 15 is 0 Å². The van der Waals surface area contributed by atoms with Crippen LogP contribution >= 0.6 is 0 Å². The highest BCUT2D eigenvalue weighted by atomic mass is 16.5. The van der Waals surface area contributed by atoms with Gasteiger partial charge in [-0.25, -0.2) is 4.98 Å². The van der Waals surface area contributed by atoms with Gasteiger partial charge in [-0.2, -0.15) is 0 Å². The number of rotatable bonds is 7. The van der Waals surface area contributed by atoms with E-state index in [0.29, 0.717) is 5.92 Å². The molecule has 0 spiro atoms. The monoisotopic (exact) mass is 450 g/mol. The molecule has 1 atom stereocenters. The molecule has 1 aromatic heterocycles. The Morgan fingerprint density at radius 3 is 2.67 bits per heavy atom. The van der Waals surface area contributed by atoms with E-state index in [2.05, 4.69) is 20.9 Å². The Hall–Kier alpha value is -3.06. The van der Waals surface area contributed by atoms with Gasteiger partial charge < -0.3 is 19.3 Å². The SMILES string of the molecule is COc1ccc(OC)c(/C=C/C(=O)N2CCCC(CN3CCN(c4ccccn4)CC3)C2)c1. The number of nitrogens with zero attached hydrogens (tertiary/aromatic N) is 4. The molecule has 4 rings (SSSR count). The summed E-state index contributed by atoms with van der Waals surface area (Å²) >= 11 is 0. The van der Waals surface area contributed by atoms with Gasteiger partial charge in [0.1, 0.15) is 17.3 Å². The van der Waals surface area contributed by atoms with Crippen LogP contribution in [-0.4, -0.2) is 80.7 Å². The van der Waals surface area contributed by atoms with Crippen molar-refractivity contribution >= 4 is 17.8 Å². The van der Waals surface area contributed by atoms with Crippen molar-refractivity contribution in [1.82, 2.24) is 14.8 Å². The van der Waals surface area contributed by atoms with Crippen LogP contribution < -0.4 is 14.4 Å². The summed E-state index contributed by atoms with van der Waals surface area (Å²) in [5.41, 5.74) is 0.838. The number of pyridine rings is 1. The van der Waals surface area contributed by atoms with Gasteiger partial charge in [0.2, 0.25) is 5.91 Å². The van der Waals surface area contributed by atoms with E-state index in [4.69, 9.17) is 9.47 Å². The zero-order valence-corrected chi connectivity index (χ0v) is 19.7. The number of piperazine rings is 1. The third kappa shape index (κ3) is 6.05. The highest BCUT2D eigenvalue weighted by Gasteiger charge is 2.26. The topological polar surface area (TPSA) is 58.1 Å². The number of carbonyl (C=O) groups excluding carboxylic acids is 1. The van der Waals surface area contributed by atoms with Crippen molar-refractivity contribution in [3.63, 3.8) is 0 Å². The van der Waals surface area contributed by atoms with Crippen molar-refractivity contribution in [3.8, 4) is 11.5 Å². The van der Waals surface area contributed by atoms with E-state index in [1.54, 1.807) is 20.3 Å². The molecular weight excluding hydrogens is 416 g/mol. The molecule has 0 saturated carbocycles. The first-order valence-corrected chi connectivity index (χ1v) is 11.7. The molecule has 2 aliphatic heterocycles. The fourth-order valence-corrected chi connectivity index (χ4v) is 4.72. The number of anilines is 1. The Morgan fingerprint density at radius 1 is 1.09 bits per heavy atom. The van der Waals surface area contributed by atoms with E-state index in [1.807, 2.05) is 47.5 Å². The molecule has 0 bridgehead atoms. The second-order valence-corrected chi connectivity index (χ2v) is 8.71. The lowest BCUT2D eigenvalue weighted by Gasteiger charge is -2.39. The van der Waals surface area contributed by atoms with Gasteiger partial charge in [0.25, 0.3) is 0 Å². The number of methoxy groups -OCH3 is 2. The van der Waals surface area contributed by atoms with Gasteiger partial charge in [0.15, 0.2) is 0 Å². The third-order valence-corrected chi connectivity index (χ3v) is 6.53. The number of benzene rings is 1. The minimum atomic E-state index is 0.0598. The molecule has 176 valence electrons. The van der Waals surface area contributed by atoms with E-state index in [-0.39, 0.29) is 5.91 Å². The van der Waals surface area contributed by atoms with Gasteiger partial charge in [-0.05, 0) is 55.2 Å². The normalized spacial score (nSPS) is 19.6. The molecule has 0 N–H and O–H groups in total. The number of hydrogen-bond acceptors (Lipinski definition) is 6. The Morgan fingerprint density at radius 2 is 1.94 bits per heavy atom. The highest BCUT2D eigenvalue weighted by molar-refractivity contribution is 5.92. The van der Waals surface area contributed by atoms with Gasteiger partial charge in [-0.3, -0.25) is 9.69 Å². The van der Waals surface area contributed by atoms with Crippen molar-refractivity contribution in [2.45, 2.75) is 12.8 Å². The van der Waals surface area contributed by atoms with E-state index in [9.17, 15) is 4.79 Å². The van der Waals surface area contributed by atoms with Crippen LogP contribution in [0.25, 0.3) is 6.08 Å². The summed E-state index contributed by atoms with van der Waals surface area (Å²) in [5, 5.41) is 0. The standard InChI is InChI=1S/C26H34N4O3/c1-32-23-9-10-24(33-2)22(18-23)8-11-26(31)30-13-5-6-21(20-30)19-28-14-16-29(17-15-28)25-7-3-4-12-27-25/h3-4,7-12,18,21H,5-6,13-17,19-20H2,1-2H3/b11-8+. The Kier molecular flexibility index (Phi) is 7.83. The average molecular weight is 451 g/mol. The molecule has 7 nitrogen and oxygen atoms in total. The van der Waals surface area contributed by atoms with Crippen molar-refractivity contribution in [2.75, 3.05) is 64.9 Å². The number of ether oxygens (including phenoxy) is 2. The lowest BCUT2D eigenvalue weighted by molar-refractivity contribution is -0.127. The number of carbonyl (C=O) groups is 1. The minimum absolute atomic E-state index is 0.0598. The minimum Gasteiger partial charge on any atom is -0.497 e. The van der Waals surface area contributed by atoms with Gasteiger partial charge in [0.05, 0.1) is 14.2 Å². The molecule has 2 aliphatic rings. The van der Waals surface area contributed by atoms with Crippen molar-refractivity contribution in [1.29, 1.82) is 0 Å². The Balaban J connectivity index is 1.29. The Bertz CT molecular complexity index is 942. The molecule has 0 radical (unpaired) electrons. The van der Waals surface area contributed by atoms with Crippen LogP contribution in [0.2, 0.25) is 0 Å². The van der Waals surface area contributed by atoms with Gasteiger partial charge in [-0.1, -0.05) is 6.07 Å². The number of piperidine rings is 1. The summed E-state index contributed by atoms with van der Waals surface area (Å²) in [6.07, 6.45) is 7.57. The van der Waals surface area contributed by atoms with Crippen LogP contribution in [0.15, 0.2) is 48.7 Å². The zero-order valence-electron chi connectivity index (χ0n) is 19.7.